The molecule has 0 aliphatic rings. The quantitative estimate of drug-likeness (QED) is 0.772. The summed E-state index contributed by atoms with van der Waals surface area (Å²) >= 11 is 4.97. The molecule has 2 rings (SSSR count). The normalized spacial score (nSPS) is 10.4. The molecule has 0 saturated heterocycles. The van der Waals surface area contributed by atoms with Gasteiger partial charge in [-0.15, -0.1) is 0 Å². The van der Waals surface area contributed by atoms with E-state index in [4.69, 9.17) is 12.2 Å². The number of hydrogen-bond donors (Lipinski definition) is 1. The van der Waals surface area contributed by atoms with Gasteiger partial charge in [-0.25, -0.2) is 4.39 Å². The zero-order valence-corrected chi connectivity index (χ0v) is 9.34. The molecule has 1 N–H and O–H groups in total. The van der Waals surface area contributed by atoms with Crippen LogP contribution >= 0.6 is 12.2 Å². The second-order valence-electron chi connectivity index (χ2n) is 3.44. The fourth-order valence-corrected chi connectivity index (χ4v) is 1.67. The Kier molecular flexibility index (Phi) is 2.70. The molecule has 82 valence electrons. The van der Waals surface area contributed by atoms with E-state index in [0.29, 0.717) is 5.69 Å². The average molecular weight is 236 g/mol. The van der Waals surface area contributed by atoms with Gasteiger partial charge in [0.25, 0.3) is 5.56 Å². The lowest BCUT2D eigenvalue weighted by atomic mass is 10.2. The van der Waals surface area contributed by atoms with Crippen LogP contribution in [0.1, 0.15) is 5.56 Å². The van der Waals surface area contributed by atoms with Crippen LogP contribution in [-0.2, 0) is 0 Å². The van der Waals surface area contributed by atoms with E-state index in [9.17, 15) is 9.18 Å². The molecule has 0 unspecified atom stereocenters. The van der Waals surface area contributed by atoms with Crippen LogP contribution in [0.3, 0.4) is 0 Å². The predicted molar refractivity (Wildman–Crippen MR) is 61.9 cm³/mol. The van der Waals surface area contributed by atoms with E-state index >= 15 is 0 Å². The van der Waals surface area contributed by atoms with E-state index in [1.54, 1.807) is 12.1 Å². The highest BCUT2D eigenvalue weighted by atomic mass is 32.1. The summed E-state index contributed by atoms with van der Waals surface area (Å²) in [6.45, 7) is 1.86. The molecule has 2 aromatic rings. The van der Waals surface area contributed by atoms with Gasteiger partial charge < -0.3 is 0 Å². The Hall–Kier alpha value is -1.75. The molecule has 0 saturated carbocycles. The average Bonchev–Trinajstić information content (AvgIpc) is 2.22. The van der Waals surface area contributed by atoms with Crippen LogP contribution in [0.5, 0.6) is 0 Å². The molecular weight excluding hydrogens is 227 g/mol. The van der Waals surface area contributed by atoms with Gasteiger partial charge in [0.05, 0.1) is 5.69 Å². The first kappa shape index (κ1) is 10.8. The number of rotatable bonds is 1. The zero-order chi connectivity index (χ0) is 11.7. The number of aromatic nitrogens is 2. The second kappa shape index (κ2) is 4.02. The molecule has 3 nitrogen and oxygen atoms in total. The van der Waals surface area contributed by atoms with Crippen LogP contribution in [0, 0.1) is 17.5 Å². The van der Waals surface area contributed by atoms with Crippen molar-refractivity contribution >= 4 is 12.2 Å². The summed E-state index contributed by atoms with van der Waals surface area (Å²) in [5.41, 5.74) is 0.958. The summed E-state index contributed by atoms with van der Waals surface area (Å²) < 4.78 is 15.2. The molecule has 1 aromatic carbocycles. The van der Waals surface area contributed by atoms with E-state index < -0.39 is 0 Å². The lowest BCUT2D eigenvalue weighted by Crippen LogP contribution is -2.10. The van der Waals surface area contributed by atoms with Crippen LogP contribution in [0.2, 0.25) is 0 Å². The van der Waals surface area contributed by atoms with Crippen molar-refractivity contribution < 1.29 is 4.39 Å². The van der Waals surface area contributed by atoms with Crippen molar-refractivity contribution in [3.05, 3.63) is 57.0 Å². The highest BCUT2D eigenvalue weighted by Gasteiger charge is 2.04. The molecule has 0 aliphatic carbocycles. The van der Waals surface area contributed by atoms with Crippen molar-refractivity contribution in [1.82, 2.24) is 9.55 Å². The van der Waals surface area contributed by atoms with E-state index in [-0.39, 0.29) is 16.1 Å². The van der Waals surface area contributed by atoms with Gasteiger partial charge in [-0.2, -0.15) is 0 Å². The van der Waals surface area contributed by atoms with E-state index in [1.807, 2.05) is 6.92 Å². The molecule has 0 amide bonds. The first-order valence-corrected chi connectivity index (χ1v) is 5.07. The molecule has 0 aliphatic heterocycles. The van der Waals surface area contributed by atoms with Gasteiger partial charge in [-0.3, -0.25) is 14.3 Å². The Bertz CT molecular complexity index is 645. The Morgan fingerprint density at radius 2 is 2.12 bits per heavy atom. The number of nitrogens with one attached hydrogen (secondary N) is 1. The Balaban J connectivity index is 2.72. The molecule has 1 heterocycles. The number of nitrogens with zero attached hydrogens (tertiary/aromatic N) is 1. The molecule has 0 bridgehead atoms. The lowest BCUT2D eigenvalue weighted by molar-refractivity contribution is 0.615. The Morgan fingerprint density at radius 3 is 2.81 bits per heavy atom. The maximum absolute atomic E-state index is 13.6. The van der Waals surface area contributed by atoms with Crippen molar-refractivity contribution in [2.24, 2.45) is 0 Å². The van der Waals surface area contributed by atoms with Gasteiger partial charge in [0, 0.05) is 12.3 Å². The zero-order valence-electron chi connectivity index (χ0n) is 8.53. The van der Waals surface area contributed by atoms with Crippen molar-refractivity contribution in [3.8, 4) is 5.69 Å². The number of aromatic amines is 1. The van der Waals surface area contributed by atoms with Gasteiger partial charge in [-0.1, -0.05) is 6.07 Å². The van der Waals surface area contributed by atoms with Crippen molar-refractivity contribution in [1.29, 1.82) is 0 Å². The lowest BCUT2D eigenvalue weighted by Gasteiger charge is -2.07. The van der Waals surface area contributed by atoms with E-state index in [2.05, 4.69) is 4.98 Å². The maximum Gasteiger partial charge on any atom is 0.251 e. The maximum atomic E-state index is 13.6. The largest absolute Gasteiger partial charge is 0.299 e. The minimum absolute atomic E-state index is 0.178. The molecule has 0 radical (unpaired) electrons. The van der Waals surface area contributed by atoms with Crippen LogP contribution in [-0.4, -0.2) is 9.55 Å². The molecule has 5 heteroatoms. The summed E-state index contributed by atoms with van der Waals surface area (Å²) in [4.78, 5) is 13.4. The Morgan fingerprint density at radius 1 is 1.38 bits per heavy atom. The molecular formula is C11H9FN2OS. The third kappa shape index (κ3) is 1.94. The standard InChI is InChI=1S/C11H9FN2OS/c1-7-2-3-8(12)9(6-7)14-5-4-10(15)13-11(14)16/h2-6H,1H3,(H,13,15,16). The van der Waals surface area contributed by atoms with Gasteiger partial charge in [0.1, 0.15) is 5.82 Å². The highest BCUT2D eigenvalue weighted by Crippen LogP contribution is 2.14. The van der Waals surface area contributed by atoms with Gasteiger partial charge in [0.2, 0.25) is 0 Å². The summed E-state index contributed by atoms with van der Waals surface area (Å²) in [7, 11) is 0. The minimum Gasteiger partial charge on any atom is -0.299 e. The SMILES string of the molecule is Cc1ccc(F)c(-n2ccc(=O)[nH]c2=S)c1. The van der Waals surface area contributed by atoms with Crippen LogP contribution in [0.4, 0.5) is 4.39 Å². The topological polar surface area (TPSA) is 37.8 Å². The molecule has 1 aromatic heterocycles. The summed E-state index contributed by atoms with van der Waals surface area (Å²) in [5.74, 6) is -0.381. The summed E-state index contributed by atoms with van der Waals surface area (Å²) in [5, 5.41) is 0. The smallest absolute Gasteiger partial charge is 0.251 e. The van der Waals surface area contributed by atoms with Crippen LogP contribution in [0.25, 0.3) is 5.69 Å². The Labute approximate surface area is 96.2 Å². The van der Waals surface area contributed by atoms with Crippen molar-refractivity contribution in [2.75, 3.05) is 0 Å². The molecule has 0 fully saturated rings. The van der Waals surface area contributed by atoms with Crippen molar-refractivity contribution in [2.45, 2.75) is 6.92 Å². The number of halogens is 1. The number of H-pyrrole nitrogens is 1. The van der Waals surface area contributed by atoms with E-state index in [0.717, 1.165) is 5.56 Å². The third-order valence-electron chi connectivity index (χ3n) is 2.19. The number of hydrogen-bond acceptors (Lipinski definition) is 2. The first-order chi connectivity index (χ1) is 7.58. The summed E-state index contributed by atoms with van der Waals surface area (Å²) in [6.07, 6.45) is 1.46. The third-order valence-corrected chi connectivity index (χ3v) is 2.48. The minimum atomic E-state index is -0.381. The molecule has 16 heavy (non-hydrogen) atoms. The highest BCUT2D eigenvalue weighted by molar-refractivity contribution is 7.71. The second-order valence-corrected chi connectivity index (χ2v) is 3.82. The fraction of sp³-hybridized carbons (Fsp3) is 0.0909. The van der Waals surface area contributed by atoms with Gasteiger partial charge in [0.15, 0.2) is 4.77 Å². The van der Waals surface area contributed by atoms with Gasteiger partial charge in [-0.05, 0) is 36.8 Å². The van der Waals surface area contributed by atoms with Crippen molar-refractivity contribution in [3.63, 3.8) is 0 Å². The molecule has 0 spiro atoms. The van der Waals surface area contributed by atoms with Gasteiger partial charge >= 0.3 is 0 Å². The van der Waals surface area contributed by atoms with E-state index in [1.165, 1.54) is 22.9 Å². The van der Waals surface area contributed by atoms with Crippen LogP contribution < -0.4 is 5.56 Å². The first-order valence-electron chi connectivity index (χ1n) is 4.66. The molecule has 0 atom stereocenters. The summed E-state index contributed by atoms with van der Waals surface area (Å²) in [6, 6.07) is 6.02. The number of aryl methyl sites for hydroxylation is 1. The fourth-order valence-electron chi connectivity index (χ4n) is 1.41. The number of benzene rings is 1. The predicted octanol–water partition coefficient (Wildman–Crippen LogP) is 2.34. The van der Waals surface area contributed by atoms with Crippen LogP contribution in [0.15, 0.2) is 35.3 Å². The monoisotopic (exact) mass is 236 g/mol.